The molecule has 0 aromatic rings. The molecule has 0 radical (unpaired) electrons. The highest BCUT2D eigenvalue weighted by Gasteiger charge is 2.10. The SMILES string of the molecule is C=CC(=O)OCC(O)CCCC(=O)C(C)C. The molecule has 0 rings (SSSR count). The number of hydrogen-bond donors (Lipinski definition) is 1. The van der Waals surface area contributed by atoms with E-state index in [4.69, 9.17) is 0 Å². The number of aliphatic hydroxyl groups is 1. The monoisotopic (exact) mass is 228 g/mol. The van der Waals surface area contributed by atoms with Gasteiger partial charge in [-0.2, -0.15) is 0 Å². The number of esters is 1. The number of ether oxygens (including phenoxy) is 1. The van der Waals surface area contributed by atoms with Crippen LogP contribution in [-0.4, -0.2) is 29.6 Å². The minimum Gasteiger partial charge on any atom is -0.460 e. The average Bonchev–Trinajstić information content (AvgIpc) is 2.25. The Balaban J connectivity index is 3.58. The second kappa shape index (κ2) is 8.05. The summed E-state index contributed by atoms with van der Waals surface area (Å²) in [5.41, 5.74) is 0. The second-order valence-electron chi connectivity index (χ2n) is 4.00. The van der Waals surface area contributed by atoms with Gasteiger partial charge in [-0.05, 0) is 12.8 Å². The maximum Gasteiger partial charge on any atom is 0.330 e. The molecule has 0 amide bonds. The van der Waals surface area contributed by atoms with E-state index in [0.717, 1.165) is 6.08 Å². The van der Waals surface area contributed by atoms with Crippen molar-refractivity contribution in [1.82, 2.24) is 0 Å². The van der Waals surface area contributed by atoms with Gasteiger partial charge in [0.2, 0.25) is 0 Å². The molecule has 0 bridgehead atoms. The zero-order valence-electron chi connectivity index (χ0n) is 9.94. The Kier molecular flexibility index (Phi) is 7.46. The molecule has 0 aromatic carbocycles. The van der Waals surface area contributed by atoms with Crippen LogP contribution in [0, 0.1) is 5.92 Å². The van der Waals surface area contributed by atoms with Crippen LogP contribution < -0.4 is 0 Å². The lowest BCUT2D eigenvalue weighted by Crippen LogP contribution is -2.18. The van der Waals surface area contributed by atoms with E-state index in [2.05, 4.69) is 11.3 Å². The number of aliphatic hydroxyl groups excluding tert-OH is 1. The quantitative estimate of drug-likeness (QED) is 0.505. The van der Waals surface area contributed by atoms with Crippen molar-refractivity contribution in [2.75, 3.05) is 6.61 Å². The topological polar surface area (TPSA) is 63.6 Å². The van der Waals surface area contributed by atoms with Crippen LogP contribution in [0.4, 0.5) is 0 Å². The smallest absolute Gasteiger partial charge is 0.330 e. The highest BCUT2D eigenvalue weighted by Crippen LogP contribution is 2.06. The minimum atomic E-state index is -0.705. The summed E-state index contributed by atoms with van der Waals surface area (Å²) >= 11 is 0. The Morgan fingerprint density at radius 1 is 1.44 bits per heavy atom. The van der Waals surface area contributed by atoms with Crippen molar-refractivity contribution in [2.24, 2.45) is 5.92 Å². The fourth-order valence-electron chi connectivity index (χ4n) is 1.12. The van der Waals surface area contributed by atoms with Crippen LogP contribution >= 0.6 is 0 Å². The predicted molar refractivity (Wildman–Crippen MR) is 60.9 cm³/mol. The van der Waals surface area contributed by atoms with Crippen molar-refractivity contribution in [3.05, 3.63) is 12.7 Å². The van der Waals surface area contributed by atoms with E-state index in [-0.39, 0.29) is 18.3 Å². The highest BCUT2D eigenvalue weighted by atomic mass is 16.5. The van der Waals surface area contributed by atoms with Gasteiger partial charge >= 0.3 is 5.97 Å². The molecule has 0 aliphatic rings. The van der Waals surface area contributed by atoms with Crippen molar-refractivity contribution in [2.45, 2.75) is 39.2 Å². The summed E-state index contributed by atoms with van der Waals surface area (Å²) < 4.78 is 4.67. The van der Waals surface area contributed by atoms with Crippen LogP contribution in [0.2, 0.25) is 0 Å². The lowest BCUT2D eigenvalue weighted by atomic mass is 10.0. The Labute approximate surface area is 96.3 Å². The number of carbonyl (C=O) groups excluding carboxylic acids is 2. The van der Waals surface area contributed by atoms with Crippen LogP contribution in [0.5, 0.6) is 0 Å². The van der Waals surface area contributed by atoms with Crippen molar-refractivity contribution in [3.63, 3.8) is 0 Å². The molecule has 0 fully saturated rings. The second-order valence-corrected chi connectivity index (χ2v) is 4.00. The molecule has 1 atom stereocenters. The molecule has 0 aliphatic carbocycles. The molecule has 0 aliphatic heterocycles. The Morgan fingerprint density at radius 3 is 2.56 bits per heavy atom. The van der Waals surface area contributed by atoms with Gasteiger partial charge in [0.15, 0.2) is 0 Å². The first-order valence-corrected chi connectivity index (χ1v) is 5.47. The number of carbonyl (C=O) groups is 2. The maximum atomic E-state index is 11.3. The largest absolute Gasteiger partial charge is 0.460 e. The van der Waals surface area contributed by atoms with Crippen LogP contribution in [0.3, 0.4) is 0 Å². The molecule has 4 nitrogen and oxygen atoms in total. The van der Waals surface area contributed by atoms with Gasteiger partial charge < -0.3 is 9.84 Å². The van der Waals surface area contributed by atoms with Crippen molar-refractivity contribution >= 4 is 11.8 Å². The van der Waals surface area contributed by atoms with Crippen LogP contribution in [0.1, 0.15) is 33.1 Å². The first kappa shape index (κ1) is 14.8. The molecule has 0 spiro atoms. The molecule has 0 saturated heterocycles. The summed E-state index contributed by atoms with van der Waals surface area (Å²) in [5.74, 6) is -0.316. The first-order valence-electron chi connectivity index (χ1n) is 5.47. The summed E-state index contributed by atoms with van der Waals surface area (Å²) in [5, 5.41) is 9.42. The molecule has 0 aromatic heterocycles. The van der Waals surface area contributed by atoms with E-state index in [1.54, 1.807) is 0 Å². The molecule has 1 N–H and O–H groups in total. The van der Waals surface area contributed by atoms with Gasteiger partial charge in [-0.3, -0.25) is 4.79 Å². The van der Waals surface area contributed by atoms with Crippen LogP contribution in [-0.2, 0) is 14.3 Å². The highest BCUT2D eigenvalue weighted by molar-refractivity contribution is 5.81. The Morgan fingerprint density at radius 2 is 2.06 bits per heavy atom. The van der Waals surface area contributed by atoms with Gasteiger partial charge in [-0.25, -0.2) is 4.79 Å². The third-order valence-corrected chi connectivity index (χ3v) is 2.19. The van der Waals surface area contributed by atoms with Gasteiger partial charge in [0.05, 0.1) is 6.10 Å². The van der Waals surface area contributed by atoms with Crippen molar-refractivity contribution in [1.29, 1.82) is 0 Å². The molecular weight excluding hydrogens is 208 g/mol. The summed E-state index contributed by atoms with van der Waals surface area (Å²) in [6.07, 6.45) is 1.88. The standard InChI is InChI=1S/C12H20O4/c1-4-12(15)16-8-10(13)6-5-7-11(14)9(2)3/h4,9-10,13H,1,5-8H2,2-3H3. The maximum absolute atomic E-state index is 11.3. The summed E-state index contributed by atoms with van der Waals surface area (Å²) in [7, 11) is 0. The molecule has 4 heteroatoms. The molecule has 92 valence electrons. The average molecular weight is 228 g/mol. The summed E-state index contributed by atoms with van der Waals surface area (Å²) in [4.78, 5) is 21.9. The zero-order chi connectivity index (χ0) is 12.6. The first-order chi connectivity index (χ1) is 7.47. The van der Waals surface area contributed by atoms with Gasteiger partial charge in [-0.15, -0.1) is 0 Å². The molecular formula is C12H20O4. The summed E-state index contributed by atoms with van der Waals surface area (Å²) in [6, 6.07) is 0. The van der Waals surface area contributed by atoms with Gasteiger partial charge in [0.1, 0.15) is 12.4 Å². The van der Waals surface area contributed by atoms with E-state index in [1.165, 1.54) is 0 Å². The fourth-order valence-corrected chi connectivity index (χ4v) is 1.12. The third-order valence-electron chi connectivity index (χ3n) is 2.19. The molecule has 1 unspecified atom stereocenters. The minimum absolute atomic E-state index is 0.0377. The van der Waals surface area contributed by atoms with Gasteiger partial charge in [0, 0.05) is 18.4 Å². The van der Waals surface area contributed by atoms with E-state index < -0.39 is 12.1 Å². The Hall–Kier alpha value is -1.16. The van der Waals surface area contributed by atoms with Crippen LogP contribution in [0.25, 0.3) is 0 Å². The molecule has 0 saturated carbocycles. The van der Waals surface area contributed by atoms with Gasteiger partial charge in [0.25, 0.3) is 0 Å². The normalized spacial score (nSPS) is 12.2. The van der Waals surface area contributed by atoms with Gasteiger partial charge in [-0.1, -0.05) is 20.4 Å². The zero-order valence-corrected chi connectivity index (χ0v) is 9.94. The van der Waals surface area contributed by atoms with E-state index in [9.17, 15) is 14.7 Å². The van der Waals surface area contributed by atoms with E-state index in [1.807, 2.05) is 13.8 Å². The van der Waals surface area contributed by atoms with Crippen molar-refractivity contribution in [3.8, 4) is 0 Å². The molecule has 16 heavy (non-hydrogen) atoms. The summed E-state index contributed by atoms with van der Waals surface area (Å²) in [6.45, 7) is 6.91. The number of ketones is 1. The predicted octanol–water partition coefficient (Wildman–Crippen LogP) is 1.47. The number of hydrogen-bond acceptors (Lipinski definition) is 4. The lowest BCUT2D eigenvalue weighted by molar-refractivity contribution is -0.140. The van der Waals surface area contributed by atoms with E-state index >= 15 is 0 Å². The fraction of sp³-hybridized carbons (Fsp3) is 0.667. The number of rotatable bonds is 8. The molecule has 0 heterocycles. The third kappa shape index (κ3) is 7.17. The Bertz CT molecular complexity index is 245. The van der Waals surface area contributed by atoms with Crippen molar-refractivity contribution < 1.29 is 19.4 Å². The van der Waals surface area contributed by atoms with Crippen LogP contribution in [0.15, 0.2) is 12.7 Å². The number of Topliss-reactive ketones (excluding diaryl/α,β-unsaturated/α-hetero) is 1. The lowest BCUT2D eigenvalue weighted by Gasteiger charge is -2.10. The van der Waals surface area contributed by atoms with E-state index in [0.29, 0.717) is 19.3 Å².